The third kappa shape index (κ3) is 6.51. The van der Waals surface area contributed by atoms with Crippen molar-refractivity contribution in [1.29, 1.82) is 0 Å². The molecule has 0 aliphatic heterocycles. The van der Waals surface area contributed by atoms with Crippen LogP contribution in [0, 0.1) is 0 Å². The maximum atomic E-state index is 9.34. The lowest BCUT2D eigenvalue weighted by atomic mass is 10.2. The summed E-state index contributed by atoms with van der Waals surface area (Å²) in [6.07, 6.45) is -0.380. The van der Waals surface area contributed by atoms with E-state index in [0.717, 1.165) is 15.6 Å². The van der Waals surface area contributed by atoms with Crippen LogP contribution in [-0.4, -0.2) is 24.4 Å². The Bertz CT molecular complexity index is 694. The van der Waals surface area contributed by atoms with Gasteiger partial charge in [0, 0.05) is 18.1 Å². The van der Waals surface area contributed by atoms with Crippen LogP contribution >= 0.6 is 27.5 Å². The summed E-state index contributed by atoms with van der Waals surface area (Å²) < 4.78 is 12.5. The van der Waals surface area contributed by atoms with E-state index >= 15 is 0 Å². The van der Waals surface area contributed by atoms with Crippen LogP contribution in [0.2, 0.25) is 5.02 Å². The number of hydrogen-bond acceptors (Lipinski definition) is 4. The molecular weight excluding hydrogens is 406 g/mol. The maximum absolute atomic E-state index is 9.34. The molecule has 0 saturated heterocycles. The number of benzene rings is 2. The zero-order chi connectivity index (χ0) is 18.2. The van der Waals surface area contributed by atoms with Gasteiger partial charge in [-0.25, -0.2) is 0 Å². The summed E-state index contributed by atoms with van der Waals surface area (Å²) in [5, 5.41) is 13.2. The van der Waals surface area contributed by atoms with E-state index in [1.165, 1.54) is 0 Å². The first-order chi connectivity index (χ1) is 12.0. The van der Waals surface area contributed by atoms with Crippen molar-refractivity contribution in [3.8, 4) is 11.5 Å². The van der Waals surface area contributed by atoms with Gasteiger partial charge < -0.3 is 19.9 Å². The summed E-state index contributed by atoms with van der Waals surface area (Å²) in [5.74, 6) is 1.36. The first kappa shape index (κ1) is 20.0. The standard InChI is InChI=1S/C19H23BrClNO3/c1-3-24-18-9-15(11-22-10-13(2)23)8-17(20)19(18)25-12-14-5-4-6-16(21)7-14/h4-9,13,22-23H,3,10-12H2,1-2H3/t13-/m0/s1. The minimum absolute atomic E-state index is 0.380. The van der Waals surface area contributed by atoms with Crippen LogP contribution in [0.4, 0.5) is 0 Å². The molecule has 0 aliphatic carbocycles. The van der Waals surface area contributed by atoms with Crippen LogP contribution < -0.4 is 14.8 Å². The molecule has 0 saturated carbocycles. The van der Waals surface area contributed by atoms with Crippen LogP contribution in [0.25, 0.3) is 0 Å². The minimum atomic E-state index is -0.380. The average Bonchev–Trinajstić information content (AvgIpc) is 2.54. The maximum Gasteiger partial charge on any atom is 0.175 e. The quantitative estimate of drug-likeness (QED) is 0.615. The lowest BCUT2D eigenvalue weighted by Gasteiger charge is -2.16. The van der Waals surface area contributed by atoms with Crippen LogP contribution in [0.5, 0.6) is 11.5 Å². The number of aliphatic hydroxyl groups is 1. The van der Waals surface area contributed by atoms with E-state index in [0.29, 0.717) is 42.8 Å². The van der Waals surface area contributed by atoms with Gasteiger partial charge in [0.15, 0.2) is 11.5 Å². The lowest BCUT2D eigenvalue weighted by Crippen LogP contribution is -2.23. The molecule has 1 atom stereocenters. The Morgan fingerprint density at radius 1 is 1.20 bits per heavy atom. The van der Waals surface area contributed by atoms with Gasteiger partial charge in [-0.3, -0.25) is 0 Å². The Morgan fingerprint density at radius 2 is 2.00 bits per heavy atom. The topological polar surface area (TPSA) is 50.7 Å². The zero-order valence-electron chi connectivity index (χ0n) is 14.4. The number of aliphatic hydroxyl groups excluding tert-OH is 1. The molecular formula is C19H23BrClNO3. The summed E-state index contributed by atoms with van der Waals surface area (Å²) >= 11 is 9.58. The van der Waals surface area contributed by atoms with E-state index < -0.39 is 0 Å². The SMILES string of the molecule is CCOc1cc(CNC[C@H](C)O)cc(Br)c1OCc1cccc(Cl)c1. The molecule has 0 unspecified atom stereocenters. The van der Waals surface area contributed by atoms with Crippen LogP contribution in [-0.2, 0) is 13.2 Å². The van der Waals surface area contributed by atoms with Crippen molar-refractivity contribution < 1.29 is 14.6 Å². The molecule has 0 amide bonds. The molecule has 0 bridgehead atoms. The van der Waals surface area contributed by atoms with Gasteiger partial charge in [0.05, 0.1) is 17.2 Å². The Labute approximate surface area is 162 Å². The fraction of sp³-hybridized carbons (Fsp3) is 0.368. The van der Waals surface area contributed by atoms with E-state index in [1.54, 1.807) is 6.92 Å². The molecule has 0 aromatic heterocycles. The smallest absolute Gasteiger partial charge is 0.175 e. The molecule has 0 aliphatic rings. The third-order valence-electron chi connectivity index (χ3n) is 3.41. The molecule has 2 aromatic rings. The predicted molar refractivity (Wildman–Crippen MR) is 104 cm³/mol. The highest BCUT2D eigenvalue weighted by Crippen LogP contribution is 2.37. The summed E-state index contributed by atoms with van der Waals surface area (Å²) in [6, 6.07) is 11.5. The first-order valence-corrected chi connectivity index (χ1v) is 9.38. The number of ether oxygens (including phenoxy) is 2. The van der Waals surface area contributed by atoms with Gasteiger partial charge in [-0.15, -0.1) is 0 Å². The second-order valence-corrected chi connectivity index (χ2v) is 7.03. The third-order valence-corrected chi connectivity index (χ3v) is 4.23. The Morgan fingerprint density at radius 3 is 2.68 bits per heavy atom. The minimum Gasteiger partial charge on any atom is -0.490 e. The Balaban J connectivity index is 2.12. The molecule has 0 radical (unpaired) electrons. The molecule has 25 heavy (non-hydrogen) atoms. The number of nitrogens with one attached hydrogen (secondary N) is 1. The fourth-order valence-electron chi connectivity index (χ4n) is 2.33. The molecule has 6 heteroatoms. The summed E-state index contributed by atoms with van der Waals surface area (Å²) in [7, 11) is 0. The monoisotopic (exact) mass is 427 g/mol. The van der Waals surface area contributed by atoms with Crippen molar-refractivity contribution in [2.75, 3.05) is 13.2 Å². The van der Waals surface area contributed by atoms with Crippen molar-refractivity contribution in [2.45, 2.75) is 33.1 Å². The Kier molecular flexibility index (Phi) is 8.03. The molecule has 2 N–H and O–H groups in total. The lowest BCUT2D eigenvalue weighted by molar-refractivity contribution is 0.191. The molecule has 4 nitrogen and oxygen atoms in total. The van der Waals surface area contributed by atoms with Crippen molar-refractivity contribution >= 4 is 27.5 Å². The van der Waals surface area contributed by atoms with Crippen molar-refractivity contribution in [2.24, 2.45) is 0 Å². The second kappa shape index (κ2) is 10.0. The van der Waals surface area contributed by atoms with E-state index in [1.807, 2.05) is 43.3 Å². The molecule has 0 spiro atoms. The highest BCUT2D eigenvalue weighted by atomic mass is 79.9. The average molecular weight is 429 g/mol. The number of halogens is 2. The fourth-order valence-corrected chi connectivity index (χ4v) is 3.15. The van der Waals surface area contributed by atoms with Gasteiger partial charge in [0.2, 0.25) is 0 Å². The zero-order valence-corrected chi connectivity index (χ0v) is 16.7. The number of hydrogen-bond donors (Lipinski definition) is 2. The predicted octanol–water partition coefficient (Wildman–Crippen LogP) is 4.55. The van der Waals surface area contributed by atoms with Gasteiger partial charge in [0.25, 0.3) is 0 Å². The molecule has 136 valence electrons. The first-order valence-electron chi connectivity index (χ1n) is 8.20. The highest BCUT2D eigenvalue weighted by molar-refractivity contribution is 9.10. The van der Waals surface area contributed by atoms with E-state index in [2.05, 4.69) is 21.2 Å². The largest absolute Gasteiger partial charge is 0.490 e. The summed E-state index contributed by atoms with van der Waals surface area (Å²) in [6.45, 7) is 5.81. The Hall–Kier alpha value is -1.27. The highest BCUT2D eigenvalue weighted by Gasteiger charge is 2.13. The van der Waals surface area contributed by atoms with Crippen molar-refractivity contribution in [3.05, 3.63) is 57.0 Å². The van der Waals surface area contributed by atoms with Gasteiger partial charge in [0.1, 0.15) is 6.61 Å². The molecule has 0 fully saturated rings. The van der Waals surface area contributed by atoms with E-state index in [-0.39, 0.29) is 6.10 Å². The molecule has 0 heterocycles. The van der Waals surface area contributed by atoms with Gasteiger partial charge in [-0.1, -0.05) is 23.7 Å². The number of rotatable bonds is 9. The summed E-state index contributed by atoms with van der Waals surface area (Å²) in [5.41, 5.74) is 2.04. The van der Waals surface area contributed by atoms with E-state index in [9.17, 15) is 5.11 Å². The normalized spacial score (nSPS) is 12.0. The van der Waals surface area contributed by atoms with Gasteiger partial charge in [-0.05, 0) is 65.2 Å². The van der Waals surface area contributed by atoms with Gasteiger partial charge >= 0.3 is 0 Å². The van der Waals surface area contributed by atoms with Crippen LogP contribution in [0.1, 0.15) is 25.0 Å². The summed E-state index contributed by atoms with van der Waals surface area (Å²) in [4.78, 5) is 0. The van der Waals surface area contributed by atoms with Crippen LogP contribution in [0.15, 0.2) is 40.9 Å². The van der Waals surface area contributed by atoms with E-state index in [4.69, 9.17) is 21.1 Å². The van der Waals surface area contributed by atoms with Crippen molar-refractivity contribution in [3.63, 3.8) is 0 Å². The molecule has 2 rings (SSSR count). The molecule has 2 aromatic carbocycles. The second-order valence-electron chi connectivity index (χ2n) is 5.74. The van der Waals surface area contributed by atoms with Gasteiger partial charge in [-0.2, -0.15) is 0 Å². The van der Waals surface area contributed by atoms with Crippen LogP contribution in [0.3, 0.4) is 0 Å². The van der Waals surface area contributed by atoms with Crippen molar-refractivity contribution in [1.82, 2.24) is 5.32 Å².